The quantitative estimate of drug-likeness (QED) is 0.0136. The summed E-state index contributed by atoms with van der Waals surface area (Å²) in [6, 6.07) is 0. The van der Waals surface area contributed by atoms with Gasteiger partial charge in [-0.1, -0.05) is 164 Å². The van der Waals surface area contributed by atoms with E-state index in [-0.39, 0.29) is 6.42 Å². The third-order valence-corrected chi connectivity index (χ3v) is 9.89. The van der Waals surface area contributed by atoms with Crippen molar-refractivity contribution in [3.63, 3.8) is 0 Å². The molecule has 0 aliphatic carbocycles. The summed E-state index contributed by atoms with van der Waals surface area (Å²) in [5, 5.41) is 18.3. The highest BCUT2D eigenvalue weighted by Crippen LogP contribution is 2.43. The summed E-state index contributed by atoms with van der Waals surface area (Å²) in [5.74, 6) is -1.22. The van der Waals surface area contributed by atoms with Gasteiger partial charge in [-0.25, -0.2) is 9.36 Å². The number of hydrogen-bond acceptors (Lipinski definition) is 9. The average Bonchev–Trinajstić information content (AvgIpc) is 3.20. The molecule has 0 saturated carbocycles. The molecule has 0 saturated heterocycles. The minimum absolute atomic E-state index is 0.124. The number of phosphoric ester groups is 1. The van der Waals surface area contributed by atoms with E-state index in [2.05, 4.69) is 67.0 Å². The van der Waals surface area contributed by atoms with Crippen molar-refractivity contribution in [1.82, 2.24) is 0 Å². The Morgan fingerprint density at radius 1 is 0.579 bits per heavy atom. The van der Waals surface area contributed by atoms with E-state index in [1.807, 2.05) is 6.08 Å². The molecule has 0 spiro atoms. The second-order valence-electron chi connectivity index (χ2n) is 14.4. The molecular weight excluding hydrogens is 743 g/mol. The second kappa shape index (κ2) is 41.6. The molecule has 3 N–H and O–H groups in total. The summed E-state index contributed by atoms with van der Waals surface area (Å²) in [5.41, 5.74) is 0. The predicted octanol–water partition coefficient (Wildman–Crippen LogP) is 11.7. The van der Waals surface area contributed by atoms with E-state index in [0.29, 0.717) is 6.42 Å². The zero-order valence-electron chi connectivity index (χ0n) is 35.5. The third kappa shape index (κ3) is 41.4. The van der Waals surface area contributed by atoms with Crippen LogP contribution in [0.25, 0.3) is 0 Å². The highest BCUT2D eigenvalue weighted by atomic mass is 31.2. The molecule has 0 aliphatic rings. The molecule has 11 heteroatoms. The van der Waals surface area contributed by atoms with Crippen LogP contribution in [0.4, 0.5) is 0 Å². The Morgan fingerprint density at radius 3 is 1.60 bits per heavy atom. The van der Waals surface area contributed by atoms with Crippen LogP contribution in [0, 0.1) is 0 Å². The number of hydrogen-bond donors (Lipinski definition) is 3. The van der Waals surface area contributed by atoms with E-state index in [9.17, 15) is 24.2 Å². The lowest BCUT2D eigenvalue weighted by atomic mass is 10.1. The first-order valence-corrected chi connectivity index (χ1v) is 23.4. The predicted molar refractivity (Wildman–Crippen MR) is 233 cm³/mol. The molecule has 0 rings (SSSR count). The molecule has 328 valence electrons. The molecule has 0 fully saturated rings. The third-order valence-electron chi connectivity index (χ3n) is 8.94. The van der Waals surface area contributed by atoms with E-state index in [4.69, 9.17) is 19.1 Å². The van der Waals surface area contributed by atoms with Crippen LogP contribution in [0.3, 0.4) is 0 Å². The molecule has 0 amide bonds. The van der Waals surface area contributed by atoms with E-state index >= 15 is 0 Å². The van der Waals surface area contributed by atoms with Gasteiger partial charge < -0.3 is 24.6 Å². The largest absolute Gasteiger partial charge is 0.472 e. The molecule has 0 aromatic carbocycles. The van der Waals surface area contributed by atoms with Gasteiger partial charge in [-0.2, -0.15) is 0 Å². The maximum Gasteiger partial charge on any atom is 0.472 e. The summed E-state index contributed by atoms with van der Waals surface area (Å²) in [7, 11) is -4.65. The smallest absolute Gasteiger partial charge is 0.458 e. The molecule has 0 aliphatic heterocycles. The first-order valence-electron chi connectivity index (χ1n) is 21.9. The van der Waals surface area contributed by atoms with Crippen molar-refractivity contribution in [2.45, 2.75) is 180 Å². The van der Waals surface area contributed by atoms with Crippen molar-refractivity contribution in [3.05, 3.63) is 72.9 Å². The number of unbranched alkanes of at least 4 members (excludes halogenated alkanes) is 17. The molecule has 0 aromatic rings. The van der Waals surface area contributed by atoms with Crippen LogP contribution in [0.1, 0.15) is 168 Å². The van der Waals surface area contributed by atoms with Crippen molar-refractivity contribution in [3.8, 4) is 0 Å². The summed E-state index contributed by atoms with van der Waals surface area (Å²) >= 11 is 0. The molecular formula is C46H79O10P. The van der Waals surface area contributed by atoms with E-state index in [1.54, 1.807) is 12.2 Å². The molecule has 10 nitrogen and oxygen atoms in total. The number of aliphatic hydroxyl groups is 2. The standard InChI is InChI=1S/C46H79O10P/c1-3-5-7-9-11-13-15-17-19-20-21-22-24-26-28-30-32-34-36-38-46(50)56-44(42-55-57(51,52)54-40-43(48)39-47)41-53-45(49)37-35-33-31-29-27-25-23-18-16-14-12-10-8-6-4-2/h11,13,17,19,21-22,26,28,31,33,35,37,43-44,47-48H,3-10,12,14-16,18,20,23-25,27,29-30,32,34,36,38-42H2,1-2H3,(H,51,52)/b13-11+,19-17+,22-21+,28-26+,33-31+,37-35+/t43-,44+/m0/s1. The second-order valence-corrected chi connectivity index (χ2v) is 15.9. The van der Waals surface area contributed by atoms with Crippen LogP contribution >= 0.6 is 7.82 Å². The average molecular weight is 823 g/mol. The highest BCUT2D eigenvalue weighted by molar-refractivity contribution is 7.47. The highest BCUT2D eigenvalue weighted by Gasteiger charge is 2.27. The number of esters is 2. The van der Waals surface area contributed by atoms with E-state index < -0.39 is 58.4 Å². The number of phosphoric acid groups is 1. The maximum absolute atomic E-state index is 12.6. The topological polar surface area (TPSA) is 149 Å². The van der Waals surface area contributed by atoms with Crippen molar-refractivity contribution in [2.24, 2.45) is 0 Å². The monoisotopic (exact) mass is 823 g/mol. The lowest BCUT2D eigenvalue weighted by Gasteiger charge is -2.20. The molecule has 1 unspecified atom stereocenters. The summed E-state index contributed by atoms with van der Waals surface area (Å²) < 4.78 is 32.5. The van der Waals surface area contributed by atoms with Crippen LogP contribution in [0.15, 0.2) is 72.9 Å². The Morgan fingerprint density at radius 2 is 1.04 bits per heavy atom. The minimum atomic E-state index is -4.65. The van der Waals surface area contributed by atoms with E-state index in [0.717, 1.165) is 51.4 Å². The molecule has 0 aromatic heterocycles. The molecule has 0 bridgehead atoms. The lowest BCUT2D eigenvalue weighted by molar-refractivity contribution is -0.159. The van der Waals surface area contributed by atoms with Crippen LogP contribution in [-0.4, -0.2) is 65.7 Å². The van der Waals surface area contributed by atoms with Crippen molar-refractivity contribution in [2.75, 3.05) is 26.4 Å². The first-order chi connectivity index (χ1) is 27.7. The van der Waals surface area contributed by atoms with Gasteiger partial charge in [-0.15, -0.1) is 0 Å². The Kier molecular flexibility index (Phi) is 39.7. The summed E-state index contributed by atoms with van der Waals surface area (Å²) in [4.78, 5) is 34.9. The Bertz CT molecular complexity index is 1180. The molecule has 57 heavy (non-hydrogen) atoms. The Labute approximate surface area is 346 Å². The van der Waals surface area contributed by atoms with Gasteiger partial charge in [0, 0.05) is 12.5 Å². The zero-order valence-corrected chi connectivity index (χ0v) is 36.4. The van der Waals surface area contributed by atoms with Gasteiger partial charge in [0.05, 0.1) is 19.8 Å². The molecule has 0 heterocycles. The normalized spacial score (nSPS) is 14.5. The number of ether oxygens (including phenoxy) is 2. The number of allylic oxidation sites excluding steroid dienone is 11. The van der Waals surface area contributed by atoms with Crippen LogP contribution < -0.4 is 0 Å². The van der Waals surface area contributed by atoms with Crippen LogP contribution in [-0.2, 0) is 32.7 Å². The number of rotatable bonds is 40. The Hall–Kier alpha value is -2.59. The number of carbonyl (C=O) groups is 2. The fourth-order valence-electron chi connectivity index (χ4n) is 5.54. The van der Waals surface area contributed by atoms with Gasteiger partial charge in [0.2, 0.25) is 0 Å². The van der Waals surface area contributed by atoms with Gasteiger partial charge in [0.1, 0.15) is 12.7 Å². The van der Waals surface area contributed by atoms with Crippen molar-refractivity contribution in [1.29, 1.82) is 0 Å². The zero-order chi connectivity index (χ0) is 41.9. The van der Waals surface area contributed by atoms with Crippen molar-refractivity contribution < 1.29 is 47.8 Å². The maximum atomic E-state index is 12.6. The van der Waals surface area contributed by atoms with Gasteiger partial charge >= 0.3 is 19.8 Å². The summed E-state index contributed by atoms with van der Waals surface area (Å²) in [6.45, 7) is 2.17. The number of aliphatic hydroxyl groups excluding tert-OH is 2. The van der Waals surface area contributed by atoms with Crippen molar-refractivity contribution >= 4 is 19.8 Å². The fraction of sp³-hybridized carbons (Fsp3) is 0.696. The van der Waals surface area contributed by atoms with E-state index in [1.165, 1.54) is 96.0 Å². The van der Waals surface area contributed by atoms with Crippen LogP contribution in [0.2, 0.25) is 0 Å². The molecule has 3 atom stereocenters. The van der Waals surface area contributed by atoms with Crippen LogP contribution in [0.5, 0.6) is 0 Å². The molecule has 0 radical (unpaired) electrons. The Balaban J connectivity index is 4.47. The van der Waals surface area contributed by atoms with Gasteiger partial charge in [0.25, 0.3) is 0 Å². The first kappa shape index (κ1) is 54.4. The lowest BCUT2D eigenvalue weighted by Crippen LogP contribution is -2.29. The summed E-state index contributed by atoms with van der Waals surface area (Å²) in [6.07, 6.45) is 47.8. The fourth-order valence-corrected chi connectivity index (χ4v) is 6.33. The van der Waals surface area contributed by atoms with Gasteiger partial charge in [-0.05, 0) is 64.2 Å². The van der Waals surface area contributed by atoms with Gasteiger partial charge in [-0.3, -0.25) is 13.8 Å². The van der Waals surface area contributed by atoms with Gasteiger partial charge in [0.15, 0.2) is 6.10 Å². The number of carbonyl (C=O) groups excluding carboxylic acids is 2. The SMILES string of the molecule is CCCCC/C=C/C/C=C/C/C=C/C/C=C/CCCCCC(=O)O[C@H](COC(=O)/C=C/C=C/CCCCCCCCCCCCC)COP(=O)(O)OC[C@@H](O)CO. The minimum Gasteiger partial charge on any atom is -0.458 e.